The lowest BCUT2D eigenvalue weighted by atomic mass is 9.80. The van der Waals surface area contributed by atoms with E-state index >= 15 is 0 Å². The Morgan fingerprint density at radius 3 is 3.36 bits per heavy atom. The van der Waals surface area contributed by atoms with Crippen molar-refractivity contribution in [2.45, 2.75) is 25.4 Å². The predicted octanol–water partition coefficient (Wildman–Crippen LogP) is 1.17. The van der Waals surface area contributed by atoms with Crippen LogP contribution in [-0.4, -0.2) is 36.7 Å². The van der Waals surface area contributed by atoms with Crippen LogP contribution in [0.3, 0.4) is 0 Å². The molecule has 0 aromatic rings. The summed E-state index contributed by atoms with van der Waals surface area (Å²) in [5.41, 5.74) is 0.459. The number of nitrogens with zero attached hydrogens (tertiary/aromatic N) is 1. The fourth-order valence-electron chi connectivity index (χ4n) is 2.22. The van der Waals surface area contributed by atoms with Crippen LogP contribution in [0.5, 0.6) is 0 Å². The van der Waals surface area contributed by atoms with Crippen LogP contribution < -0.4 is 0 Å². The number of dihydropyridines is 1. The van der Waals surface area contributed by atoms with Gasteiger partial charge in [-0.3, -0.25) is 4.99 Å². The standard InChI is InChI=1S/C11H17NO2/c1-2-11(13)4-6-14-8-9-7-12-5-3-10(9)11/h3,7,9,13H,2,4-6,8H2,1H3/t9?,11-/m0/s1. The summed E-state index contributed by atoms with van der Waals surface area (Å²) in [6.45, 7) is 4.03. The summed E-state index contributed by atoms with van der Waals surface area (Å²) in [5.74, 6) is 0.191. The summed E-state index contributed by atoms with van der Waals surface area (Å²) in [4.78, 5) is 4.21. The lowest BCUT2D eigenvalue weighted by Crippen LogP contribution is -2.35. The van der Waals surface area contributed by atoms with Crippen molar-refractivity contribution in [3.05, 3.63) is 11.6 Å². The van der Waals surface area contributed by atoms with E-state index < -0.39 is 5.60 Å². The zero-order valence-corrected chi connectivity index (χ0v) is 8.57. The van der Waals surface area contributed by atoms with Crippen LogP contribution in [0.2, 0.25) is 0 Å². The average Bonchev–Trinajstić information content (AvgIpc) is 2.40. The first-order valence-corrected chi connectivity index (χ1v) is 5.27. The van der Waals surface area contributed by atoms with Gasteiger partial charge in [-0.25, -0.2) is 0 Å². The normalized spacial score (nSPS) is 37.3. The van der Waals surface area contributed by atoms with Gasteiger partial charge >= 0.3 is 0 Å². The summed E-state index contributed by atoms with van der Waals surface area (Å²) in [6, 6.07) is 0. The summed E-state index contributed by atoms with van der Waals surface area (Å²) in [6.07, 6.45) is 5.44. The number of ether oxygens (including phenoxy) is 1. The van der Waals surface area contributed by atoms with Gasteiger partial charge in [-0.05, 0) is 12.0 Å². The molecule has 1 unspecified atom stereocenters. The third-order valence-electron chi connectivity index (χ3n) is 3.18. The molecule has 2 rings (SSSR count). The first kappa shape index (κ1) is 9.87. The number of fused-ring (bicyclic) bond motifs is 1. The predicted molar refractivity (Wildman–Crippen MR) is 55.6 cm³/mol. The van der Waals surface area contributed by atoms with Gasteiger partial charge in [0.1, 0.15) is 0 Å². The molecule has 0 spiro atoms. The van der Waals surface area contributed by atoms with Gasteiger partial charge in [-0.1, -0.05) is 13.0 Å². The number of aliphatic hydroxyl groups is 1. The molecule has 0 aliphatic carbocycles. The lowest BCUT2D eigenvalue weighted by Gasteiger charge is -2.31. The highest BCUT2D eigenvalue weighted by molar-refractivity contribution is 5.68. The zero-order chi connectivity index (χ0) is 10.0. The minimum Gasteiger partial charge on any atom is -0.385 e. The third kappa shape index (κ3) is 1.62. The Bertz CT molecular complexity index is 272. The van der Waals surface area contributed by atoms with Crippen LogP contribution in [0.4, 0.5) is 0 Å². The van der Waals surface area contributed by atoms with Crippen LogP contribution in [0, 0.1) is 5.92 Å². The van der Waals surface area contributed by atoms with Gasteiger partial charge in [0.25, 0.3) is 0 Å². The van der Waals surface area contributed by atoms with Crippen molar-refractivity contribution >= 4 is 6.21 Å². The first-order valence-electron chi connectivity index (χ1n) is 5.27. The molecule has 0 radical (unpaired) electrons. The molecule has 14 heavy (non-hydrogen) atoms. The largest absolute Gasteiger partial charge is 0.385 e. The highest BCUT2D eigenvalue weighted by Crippen LogP contribution is 2.33. The van der Waals surface area contributed by atoms with Crippen molar-refractivity contribution in [1.29, 1.82) is 0 Å². The fraction of sp³-hybridized carbons (Fsp3) is 0.727. The molecule has 1 saturated heterocycles. The quantitative estimate of drug-likeness (QED) is 0.638. The van der Waals surface area contributed by atoms with Crippen LogP contribution in [0.25, 0.3) is 0 Å². The van der Waals surface area contributed by atoms with E-state index in [1.807, 2.05) is 13.1 Å². The Hall–Kier alpha value is -0.670. The van der Waals surface area contributed by atoms with Crippen LogP contribution in [0.1, 0.15) is 19.8 Å². The number of aliphatic imine (C=N–C) groups is 1. The van der Waals surface area contributed by atoms with E-state index in [1.165, 1.54) is 0 Å². The van der Waals surface area contributed by atoms with Crippen molar-refractivity contribution < 1.29 is 9.84 Å². The molecule has 0 aromatic carbocycles. The van der Waals surface area contributed by atoms with Gasteiger partial charge in [0.2, 0.25) is 0 Å². The molecule has 2 aliphatic rings. The Labute approximate surface area is 84.5 Å². The Morgan fingerprint density at radius 1 is 1.71 bits per heavy atom. The molecular formula is C11H17NO2. The molecule has 2 heterocycles. The maximum Gasteiger partial charge on any atom is 0.0883 e. The van der Waals surface area contributed by atoms with E-state index in [1.54, 1.807) is 0 Å². The molecule has 0 amide bonds. The molecule has 0 saturated carbocycles. The maximum absolute atomic E-state index is 10.4. The van der Waals surface area contributed by atoms with Crippen molar-refractivity contribution in [2.75, 3.05) is 19.8 Å². The Kier molecular flexibility index (Phi) is 2.70. The number of rotatable bonds is 1. The average molecular weight is 195 g/mol. The van der Waals surface area contributed by atoms with Gasteiger partial charge < -0.3 is 9.84 Å². The molecule has 0 aromatic heterocycles. The van der Waals surface area contributed by atoms with E-state index in [2.05, 4.69) is 11.1 Å². The summed E-state index contributed by atoms with van der Waals surface area (Å²) in [7, 11) is 0. The van der Waals surface area contributed by atoms with Crippen LogP contribution in [-0.2, 0) is 4.74 Å². The van der Waals surface area contributed by atoms with Crippen molar-refractivity contribution in [3.8, 4) is 0 Å². The first-order chi connectivity index (χ1) is 6.76. The molecule has 3 nitrogen and oxygen atoms in total. The van der Waals surface area contributed by atoms with Crippen molar-refractivity contribution in [2.24, 2.45) is 10.9 Å². The smallest absolute Gasteiger partial charge is 0.0883 e. The van der Waals surface area contributed by atoms with Gasteiger partial charge in [0.05, 0.1) is 18.8 Å². The minimum absolute atomic E-state index is 0.191. The minimum atomic E-state index is -0.659. The van der Waals surface area contributed by atoms with E-state index in [4.69, 9.17) is 4.74 Å². The van der Waals surface area contributed by atoms with E-state index in [9.17, 15) is 5.11 Å². The second kappa shape index (κ2) is 3.83. The molecule has 3 heteroatoms. The van der Waals surface area contributed by atoms with Gasteiger partial charge in [0, 0.05) is 25.2 Å². The fourth-order valence-corrected chi connectivity index (χ4v) is 2.22. The molecule has 78 valence electrons. The maximum atomic E-state index is 10.4. The zero-order valence-electron chi connectivity index (χ0n) is 8.57. The summed E-state index contributed by atoms with van der Waals surface area (Å²) in [5, 5.41) is 10.4. The summed E-state index contributed by atoms with van der Waals surface area (Å²) < 4.78 is 5.47. The molecule has 2 aliphatic heterocycles. The Balaban J connectivity index is 2.29. The van der Waals surface area contributed by atoms with E-state index in [0.717, 1.165) is 12.0 Å². The summed E-state index contributed by atoms with van der Waals surface area (Å²) >= 11 is 0. The van der Waals surface area contributed by atoms with Crippen molar-refractivity contribution in [3.63, 3.8) is 0 Å². The third-order valence-corrected chi connectivity index (χ3v) is 3.18. The number of hydrogen-bond donors (Lipinski definition) is 1. The molecular weight excluding hydrogens is 178 g/mol. The highest BCUT2D eigenvalue weighted by atomic mass is 16.5. The van der Waals surface area contributed by atoms with Crippen molar-refractivity contribution in [1.82, 2.24) is 0 Å². The molecule has 1 N–H and O–H groups in total. The highest BCUT2D eigenvalue weighted by Gasteiger charge is 2.36. The van der Waals surface area contributed by atoms with Gasteiger partial charge in [-0.2, -0.15) is 0 Å². The SMILES string of the molecule is CC[C@]1(O)CCOCC2C=NCC=C21. The second-order valence-electron chi connectivity index (χ2n) is 3.99. The van der Waals surface area contributed by atoms with E-state index in [0.29, 0.717) is 26.2 Å². The van der Waals surface area contributed by atoms with Gasteiger partial charge in [0.15, 0.2) is 0 Å². The van der Waals surface area contributed by atoms with E-state index in [-0.39, 0.29) is 5.92 Å². The van der Waals surface area contributed by atoms with Crippen LogP contribution in [0.15, 0.2) is 16.6 Å². The van der Waals surface area contributed by atoms with Crippen LogP contribution >= 0.6 is 0 Å². The lowest BCUT2D eigenvalue weighted by molar-refractivity contribution is 0.0461. The Morgan fingerprint density at radius 2 is 2.57 bits per heavy atom. The monoisotopic (exact) mass is 195 g/mol. The molecule has 2 atom stereocenters. The topological polar surface area (TPSA) is 41.8 Å². The van der Waals surface area contributed by atoms with Gasteiger partial charge in [-0.15, -0.1) is 0 Å². The number of hydrogen-bond acceptors (Lipinski definition) is 3. The molecule has 0 bridgehead atoms. The molecule has 1 fully saturated rings. The second-order valence-corrected chi connectivity index (χ2v) is 3.99.